The number of carbonyl (C=O) groups excluding carboxylic acids is 1. The predicted molar refractivity (Wildman–Crippen MR) is 86.6 cm³/mol. The Balaban J connectivity index is 1.85. The van der Waals surface area contributed by atoms with Crippen LogP contribution in [0.1, 0.15) is 11.1 Å². The topological polar surface area (TPSA) is 85.4 Å². The van der Waals surface area contributed by atoms with Crippen molar-refractivity contribution in [2.75, 3.05) is 5.32 Å². The smallest absolute Gasteiger partial charge is 0.416 e. The van der Waals surface area contributed by atoms with Crippen molar-refractivity contribution in [1.82, 2.24) is 0 Å². The van der Waals surface area contributed by atoms with E-state index >= 15 is 0 Å². The van der Waals surface area contributed by atoms with Gasteiger partial charge in [-0.3, -0.25) is 14.9 Å². The molecule has 3 rings (SSSR count). The number of amides is 1. The number of benzene rings is 2. The van der Waals surface area contributed by atoms with Gasteiger partial charge >= 0.3 is 6.18 Å². The third-order valence-corrected chi connectivity index (χ3v) is 3.76. The van der Waals surface area contributed by atoms with Crippen LogP contribution in [0.15, 0.2) is 47.1 Å². The van der Waals surface area contributed by atoms with Crippen molar-refractivity contribution in [3.05, 3.63) is 69.7 Å². The first-order valence-electron chi connectivity index (χ1n) is 7.46. The number of carbonyl (C=O) groups is 1. The Labute approximate surface area is 148 Å². The summed E-state index contributed by atoms with van der Waals surface area (Å²) in [5.74, 6) is -1.27. The van der Waals surface area contributed by atoms with Gasteiger partial charge in [0.05, 0.1) is 23.2 Å². The number of anilines is 1. The first kappa shape index (κ1) is 18.4. The maximum Gasteiger partial charge on any atom is 0.416 e. The number of halogens is 4. The Kier molecular flexibility index (Phi) is 4.56. The molecule has 1 N–H and O–H groups in total. The molecule has 0 spiro atoms. The third kappa shape index (κ3) is 3.89. The van der Waals surface area contributed by atoms with E-state index in [1.54, 1.807) is 0 Å². The van der Waals surface area contributed by atoms with Crippen molar-refractivity contribution < 1.29 is 31.7 Å². The molecule has 0 saturated carbocycles. The number of rotatable bonds is 4. The molecule has 0 unspecified atom stereocenters. The number of nitro benzene ring substituents is 1. The number of nitrogens with zero attached hydrogens (tertiary/aromatic N) is 1. The summed E-state index contributed by atoms with van der Waals surface area (Å²) in [6, 6.07) is 5.52. The van der Waals surface area contributed by atoms with Crippen LogP contribution in [0.2, 0.25) is 0 Å². The van der Waals surface area contributed by atoms with Crippen LogP contribution in [0.4, 0.5) is 28.9 Å². The second-order valence-electron chi connectivity index (χ2n) is 5.61. The molecule has 0 aliphatic carbocycles. The van der Waals surface area contributed by atoms with E-state index < -0.39 is 34.1 Å². The van der Waals surface area contributed by atoms with Crippen molar-refractivity contribution in [3.63, 3.8) is 0 Å². The Hall–Kier alpha value is -3.43. The molecular formula is C17H10F4N2O4. The van der Waals surface area contributed by atoms with Crippen molar-refractivity contribution in [3.8, 4) is 0 Å². The number of hydrogen-bond acceptors (Lipinski definition) is 4. The number of fused-ring (bicyclic) bond motifs is 1. The number of nitro groups is 1. The second kappa shape index (κ2) is 6.71. The molecule has 3 aromatic rings. The summed E-state index contributed by atoms with van der Waals surface area (Å²) in [6.45, 7) is 0. The van der Waals surface area contributed by atoms with Gasteiger partial charge in [0.2, 0.25) is 5.91 Å². The molecule has 1 heterocycles. The van der Waals surface area contributed by atoms with Gasteiger partial charge in [0.15, 0.2) is 0 Å². The maximum absolute atomic E-state index is 13.3. The lowest BCUT2D eigenvalue weighted by molar-refractivity contribution is -0.384. The second-order valence-corrected chi connectivity index (χ2v) is 5.61. The summed E-state index contributed by atoms with van der Waals surface area (Å²) in [5.41, 5.74) is -1.79. The van der Waals surface area contributed by atoms with Gasteiger partial charge in [-0.05, 0) is 30.3 Å². The minimum absolute atomic E-state index is 0.311. The van der Waals surface area contributed by atoms with Gasteiger partial charge in [-0.2, -0.15) is 13.2 Å². The van der Waals surface area contributed by atoms with Crippen LogP contribution in [-0.4, -0.2) is 10.8 Å². The molecule has 6 nitrogen and oxygen atoms in total. The predicted octanol–water partition coefficient (Wildman–Crippen LogP) is 4.68. The first-order chi connectivity index (χ1) is 12.6. The Morgan fingerprint density at radius 1 is 1.19 bits per heavy atom. The Bertz CT molecular complexity index is 1040. The lowest BCUT2D eigenvalue weighted by Gasteiger charge is -2.09. The summed E-state index contributed by atoms with van der Waals surface area (Å²) < 4.78 is 56.7. The SMILES string of the molecule is O=C(Cc1coc2ccc(F)cc12)Nc1ccc(C(F)(F)F)cc1[N+](=O)[O-]. The fourth-order valence-electron chi connectivity index (χ4n) is 2.52. The van der Waals surface area contributed by atoms with Crippen molar-refractivity contribution in [2.24, 2.45) is 0 Å². The van der Waals surface area contributed by atoms with Crippen LogP contribution in [0.5, 0.6) is 0 Å². The molecule has 2 aromatic carbocycles. The normalized spacial score (nSPS) is 11.6. The van der Waals surface area contributed by atoms with Gasteiger partial charge in [-0.1, -0.05) is 0 Å². The first-order valence-corrected chi connectivity index (χ1v) is 7.46. The molecule has 10 heteroatoms. The van der Waals surface area contributed by atoms with E-state index in [1.165, 1.54) is 24.5 Å². The lowest BCUT2D eigenvalue weighted by Crippen LogP contribution is -2.16. The molecule has 27 heavy (non-hydrogen) atoms. The highest BCUT2D eigenvalue weighted by atomic mass is 19.4. The fourth-order valence-corrected chi connectivity index (χ4v) is 2.52. The third-order valence-electron chi connectivity index (χ3n) is 3.76. The van der Waals surface area contributed by atoms with E-state index in [0.717, 1.165) is 6.07 Å². The summed E-state index contributed by atoms with van der Waals surface area (Å²) in [4.78, 5) is 22.2. The van der Waals surface area contributed by atoms with E-state index in [0.29, 0.717) is 28.7 Å². The van der Waals surface area contributed by atoms with Crippen molar-refractivity contribution in [2.45, 2.75) is 12.6 Å². The van der Waals surface area contributed by atoms with E-state index in [2.05, 4.69) is 5.32 Å². The van der Waals surface area contributed by atoms with E-state index in [9.17, 15) is 32.5 Å². The van der Waals surface area contributed by atoms with Gasteiger partial charge < -0.3 is 9.73 Å². The maximum atomic E-state index is 13.3. The number of alkyl halides is 3. The highest BCUT2D eigenvalue weighted by Crippen LogP contribution is 2.35. The molecular weight excluding hydrogens is 372 g/mol. The zero-order valence-electron chi connectivity index (χ0n) is 13.3. The molecule has 1 aromatic heterocycles. The van der Waals surface area contributed by atoms with E-state index in [1.807, 2.05) is 0 Å². The van der Waals surface area contributed by atoms with E-state index in [-0.39, 0.29) is 12.1 Å². The van der Waals surface area contributed by atoms with E-state index in [4.69, 9.17) is 4.42 Å². The van der Waals surface area contributed by atoms with Crippen LogP contribution in [-0.2, 0) is 17.4 Å². The molecule has 1 amide bonds. The average molecular weight is 382 g/mol. The standard InChI is InChI=1S/C17H10F4N2O4/c18-11-2-4-15-12(7-11)9(8-27-15)5-16(24)22-13-3-1-10(17(19,20)21)6-14(13)23(25)26/h1-4,6-8H,5H2,(H,22,24). The minimum atomic E-state index is -4.76. The van der Waals surface area contributed by atoms with Crippen LogP contribution in [0.25, 0.3) is 11.0 Å². The molecule has 0 aliphatic rings. The van der Waals surface area contributed by atoms with Gasteiger partial charge in [0.25, 0.3) is 5.69 Å². The zero-order chi connectivity index (χ0) is 19.8. The van der Waals surface area contributed by atoms with Crippen LogP contribution in [0, 0.1) is 15.9 Å². The summed E-state index contributed by atoms with van der Waals surface area (Å²) in [5, 5.41) is 13.6. The Morgan fingerprint density at radius 2 is 1.93 bits per heavy atom. The monoisotopic (exact) mass is 382 g/mol. The molecule has 0 fully saturated rings. The van der Waals surface area contributed by atoms with Gasteiger partial charge in [-0.15, -0.1) is 0 Å². The van der Waals surface area contributed by atoms with Crippen LogP contribution >= 0.6 is 0 Å². The zero-order valence-corrected chi connectivity index (χ0v) is 13.3. The van der Waals surface area contributed by atoms with Gasteiger partial charge in [0, 0.05) is 17.0 Å². The molecule has 0 bridgehead atoms. The summed E-state index contributed by atoms with van der Waals surface area (Å²) >= 11 is 0. The fraction of sp³-hybridized carbons (Fsp3) is 0.118. The number of hydrogen-bond donors (Lipinski definition) is 1. The van der Waals surface area contributed by atoms with Crippen LogP contribution < -0.4 is 5.32 Å². The molecule has 0 aliphatic heterocycles. The van der Waals surface area contributed by atoms with Crippen molar-refractivity contribution >= 4 is 28.3 Å². The Morgan fingerprint density at radius 3 is 2.59 bits per heavy atom. The lowest BCUT2D eigenvalue weighted by atomic mass is 10.1. The molecule has 140 valence electrons. The van der Waals surface area contributed by atoms with Gasteiger partial charge in [0.1, 0.15) is 17.1 Å². The molecule has 0 saturated heterocycles. The largest absolute Gasteiger partial charge is 0.464 e. The molecule has 0 radical (unpaired) electrons. The molecule has 0 atom stereocenters. The number of nitrogens with one attached hydrogen (secondary N) is 1. The number of furan rings is 1. The summed E-state index contributed by atoms with van der Waals surface area (Å²) in [7, 11) is 0. The van der Waals surface area contributed by atoms with Gasteiger partial charge in [-0.25, -0.2) is 4.39 Å². The quantitative estimate of drug-likeness (QED) is 0.403. The van der Waals surface area contributed by atoms with Crippen molar-refractivity contribution in [1.29, 1.82) is 0 Å². The summed E-state index contributed by atoms with van der Waals surface area (Å²) in [6.07, 6.45) is -3.83. The average Bonchev–Trinajstić information content (AvgIpc) is 2.96. The van der Waals surface area contributed by atoms with Crippen LogP contribution in [0.3, 0.4) is 0 Å². The minimum Gasteiger partial charge on any atom is -0.464 e. The highest BCUT2D eigenvalue weighted by molar-refractivity contribution is 5.96. The highest BCUT2D eigenvalue weighted by Gasteiger charge is 2.33.